The number of hydrogen-bond acceptors (Lipinski definition) is 4. The van der Waals surface area contributed by atoms with Crippen molar-refractivity contribution in [1.82, 2.24) is 5.32 Å². The Balaban J connectivity index is 1.64. The molecular formula is C27H24ClF3N2O3. The number of benzene rings is 3. The molecule has 1 aliphatic rings. The fourth-order valence-corrected chi connectivity index (χ4v) is 4.32. The lowest BCUT2D eigenvalue weighted by atomic mass is 10.00. The van der Waals surface area contributed by atoms with Gasteiger partial charge in [-0.25, -0.2) is 13.2 Å². The number of hydrogen-bond donors (Lipinski definition) is 2. The monoisotopic (exact) mass is 516 g/mol. The molecule has 4 rings (SSSR count). The molecule has 1 saturated heterocycles. The van der Waals surface area contributed by atoms with Crippen LogP contribution in [0.25, 0.3) is 11.1 Å². The molecule has 1 fully saturated rings. The lowest BCUT2D eigenvalue weighted by Gasteiger charge is -2.24. The standard InChI is InChI=1S/C27H24ClF3N2O3/c1-15(34)10-16-11-17(29)7-8-24(16)33-27(35)20-6-2-5-19(26(20)31)21-12-25(22(28)13-23(21)30)36-18-4-3-9-32-14-18/h2,5-8,11-13,18,32H,3-4,9-10,14H2,1H3,(H,33,35)/t18-/m1/s1. The van der Waals surface area contributed by atoms with Gasteiger partial charge in [0.05, 0.1) is 10.6 Å². The molecule has 5 nitrogen and oxygen atoms in total. The van der Waals surface area contributed by atoms with Gasteiger partial charge in [0.2, 0.25) is 0 Å². The molecule has 36 heavy (non-hydrogen) atoms. The summed E-state index contributed by atoms with van der Waals surface area (Å²) in [5, 5.41) is 5.80. The maximum atomic E-state index is 15.5. The highest BCUT2D eigenvalue weighted by molar-refractivity contribution is 6.32. The van der Waals surface area contributed by atoms with Crippen molar-refractivity contribution in [3.05, 3.63) is 82.1 Å². The Labute approximate surface area is 211 Å². The van der Waals surface area contributed by atoms with Crippen LogP contribution in [-0.4, -0.2) is 30.9 Å². The quantitative estimate of drug-likeness (QED) is 0.408. The van der Waals surface area contributed by atoms with Crippen LogP contribution in [0.15, 0.2) is 48.5 Å². The molecule has 3 aromatic rings. The first-order valence-corrected chi connectivity index (χ1v) is 11.8. The van der Waals surface area contributed by atoms with E-state index in [1.54, 1.807) is 0 Å². The van der Waals surface area contributed by atoms with Crippen LogP contribution in [0.2, 0.25) is 5.02 Å². The summed E-state index contributed by atoms with van der Waals surface area (Å²) in [7, 11) is 0. The highest BCUT2D eigenvalue weighted by Gasteiger charge is 2.22. The third-order valence-corrected chi connectivity index (χ3v) is 6.15. The SMILES string of the molecule is CC(=O)Cc1cc(F)ccc1NC(=O)c1cccc(-c2cc(O[C@@H]3CCCNC3)c(Cl)cc2F)c1F. The topological polar surface area (TPSA) is 67.4 Å². The number of amides is 1. The van der Waals surface area contributed by atoms with E-state index >= 15 is 4.39 Å². The lowest BCUT2D eigenvalue weighted by molar-refractivity contribution is -0.116. The molecule has 0 spiro atoms. The number of ether oxygens (including phenoxy) is 1. The summed E-state index contributed by atoms with van der Waals surface area (Å²) in [6.07, 6.45) is 1.46. The van der Waals surface area contributed by atoms with Crippen molar-refractivity contribution in [2.75, 3.05) is 18.4 Å². The van der Waals surface area contributed by atoms with Gasteiger partial charge in [-0.15, -0.1) is 0 Å². The second kappa shape index (κ2) is 11.1. The summed E-state index contributed by atoms with van der Waals surface area (Å²) in [6.45, 7) is 2.83. The van der Waals surface area contributed by atoms with Crippen LogP contribution in [0, 0.1) is 17.5 Å². The fourth-order valence-electron chi connectivity index (χ4n) is 4.13. The Morgan fingerprint density at radius 1 is 1.11 bits per heavy atom. The number of piperidine rings is 1. The third-order valence-electron chi connectivity index (χ3n) is 5.86. The molecule has 2 N–H and O–H groups in total. The molecule has 188 valence electrons. The number of nitrogens with one attached hydrogen (secondary N) is 2. The van der Waals surface area contributed by atoms with Crippen molar-refractivity contribution in [3.63, 3.8) is 0 Å². The zero-order valence-corrected chi connectivity index (χ0v) is 20.2. The predicted molar refractivity (Wildman–Crippen MR) is 132 cm³/mol. The van der Waals surface area contributed by atoms with E-state index in [-0.39, 0.29) is 57.0 Å². The van der Waals surface area contributed by atoms with Crippen LogP contribution in [0.1, 0.15) is 35.7 Å². The van der Waals surface area contributed by atoms with Crippen molar-refractivity contribution in [2.45, 2.75) is 32.3 Å². The van der Waals surface area contributed by atoms with Crippen molar-refractivity contribution in [2.24, 2.45) is 0 Å². The van der Waals surface area contributed by atoms with Crippen LogP contribution in [0.4, 0.5) is 18.9 Å². The normalized spacial score (nSPS) is 15.4. The van der Waals surface area contributed by atoms with Gasteiger partial charge in [0.25, 0.3) is 5.91 Å². The molecule has 1 atom stereocenters. The van der Waals surface area contributed by atoms with Gasteiger partial charge in [-0.2, -0.15) is 0 Å². The molecule has 1 heterocycles. The molecule has 0 radical (unpaired) electrons. The molecule has 0 unspecified atom stereocenters. The van der Waals surface area contributed by atoms with E-state index in [1.165, 1.54) is 37.3 Å². The van der Waals surface area contributed by atoms with E-state index in [2.05, 4.69) is 10.6 Å². The van der Waals surface area contributed by atoms with Gasteiger partial charge in [-0.3, -0.25) is 9.59 Å². The number of carbonyl (C=O) groups excluding carboxylic acids is 2. The Morgan fingerprint density at radius 3 is 2.64 bits per heavy atom. The van der Waals surface area contributed by atoms with Crippen molar-refractivity contribution in [1.29, 1.82) is 0 Å². The van der Waals surface area contributed by atoms with E-state index in [1.807, 2.05) is 0 Å². The summed E-state index contributed by atoms with van der Waals surface area (Å²) in [4.78, 5) is 24.5. The Bertz CT molecular complexity index is 1310. The zero-order chi connectivity index (χ0) is 25.8. The van der Waals surface area contributed by atoms with Crippen LogP contribution >= 0.6 is 11.6 Å². The average molecular weight is 517 g/mol. The van der Waals surface area contributed by atoms with Gasteiger partial charge in [0.1, 0.15) is 35.1 Å². The largest absolute Gasteiger partial charge is 0.488 e. The maximum absolute atomic E-state index is 15.5. The number of rotatable bonds is 7. The Kier molecular flexibility index (Phi) is 7.96. The lowest BCUT2D eigenvalue weighted by Crippen LogP contribution is -2.37. The molecule has 1 amide bonds. The summed E-state index contributed by atoms with van der Waals surface area (Å²) >= 11 is 6.19. The van der Waals surface area contributed by atoms with E-state index in [4.69, 9.17) is 16.3 Å². The van der Waals surface area contributed by atoms with Gasteiger partial charge >= 0.3 is 0 Å². The zero-order valence-electron chi connectivity index (χ0n) is 19.5. The van der Waals surface area contributed by atoms with Gasteiger partial charge in [-0.1, -0.05) is 23.7 Å². The number of Topliss-reactive ketones (excluding diaryl/α,β-unsaturated/α-hetero) is 1. The van der Waals surface area contributed by atoms with Gasteiger partial charge in [-0.05, 0) is 68.3 Å². The highest BCUT2D eigenvalue weighted by atomic mass is 35.5. The maximum Gasteiger partial charge on any atom is 0.258 e. The molecule has 0 aromatic heterocycles. The molecule has 0 saturated carbocycles. The van der Waals surface area contributed by atoms with Gasteiger partial charge in [0.15, 0.2) is 0 Å². The second-order valence-electron chi connectivity index (χ2n) is 8.65. The minimum atomic E-state index is -0.947. The van der Waals surface area contributed by atoms with E-state index in [0.717, 1.165) is 37.6 Å². The summed E-state index contributed by atoms with van der Waals surface area (Å²) in [5.41, 5.74) is -0.166. The summed E-state index contributed by atoms with van der Waals surface area (Å²) in [5.74, 6) is -3.13. The summed E-state index contributed by atoms with van der Waals surface area (Å²) in [6, 6.07) is 9.97. The Morgan fingerprint density at radius 2 is 1.92 bits per heavy atom. The molecule has 3 aromatic carbocycles. The average Bonchev–Trinajstić information content (AvgIpc) is 2.83. The second-order valence-corrected chi connectivity index (χ2v) is 9.06. The predicted octanol–water partition coefficient (Wildman–Crippen LogP) is 5.94. The molecule has 9 heteroatoms. The first-order chi connectivity index (χ1) is 17.2. The van der Waals surface area contributed by atoms with Crippen molar-refractivity contribution in [3.8, 4) is 16.9 Å². The fraction of sp³-hybridized carbons (Fsp3) is 0.259. The highest BCUT2D eigenvalue weighted by Crippen LogP contribution is 2.36. The van der Waals surface area contributed by atoms with Crippen LogP contribution in [0.3, 0.4) is 0 Å². The van der Waals surface area contributed by atoms with Crippen molar-refractivity contribution < 1.29 is 27.5 Å². The Hall–Kier alpha value is -3.36. The van der Waals surface area contributed by atoms with Crippen molar-refractivity contribution >= 4 is 29.0 Å². The number of anilines is 1. The number of ketones is 1. The van der Waals surface area contributed by atoms with E-state index in [0.29, 0.717) is 6.54 Å². The molecule has 0 aliphatic carbocycles. The molecule has 1 aliphatic heterocycles. The van der Waals surface area contributed by atoms with Gasteiger partial charge < -0.3 is 15.4 Å². The number of halogens is 4. The van der Waals surface area contributed by atoms with E-state index < -0.39 is 23.4 Å². The molecule has 0 bridgehead atoms. The minimum absolute atomic E-state index is 0.0606. The number of carbonyl (C=O) groups is 2. The summed E-state index contributed by atoms with van der Waals surface area (Å²) < 4.78 is 50.0. The first kappa shape index (κ1) is 25.7. The third kappa shape index (κ3) is 5.88. The van der Waals surface area contributed by atoms with Crippen LogP contribution < -0.4 is 15.4 Å². The molecular weight excluding hydrogens is 493 g/mol. The first-order valence-electron chi connectivity index (χ1n) is 11.5. The minimum Gasteiger partial charge on any atom is -0.488 e. The van der Waals surface area contributed by atoms with E-state index in [9.17, 15) is 18.4 Å². The smallest absolute Gasteiger partial charge is 0.258 e. The van der Waals surface area contributed by atoms with Gasteiger partial charge in [0, 0.05) is 29.8 Å². The van der Waals surface area contributed by atoms with Crippen LogP contribution in [0.5, 0.6) is 5.75 Å². The van der Waals surface area contributed by atoms with Crippen LogP contribution in [-0.2, 0) is 11.2 Å².